The van der Waals surface area contributed by atoms with Gasteiger partial charge in [-0.05, 0) is 53.1 Å². The van der Waals surface area contributed by atoms with E-state index in [1.165, 1.54) is 5.56 Å². The molecular weight excluding hydrogens is 308 g/mol. The molecule has 1 N–H and O–H groups in total. The molecule has 25 heavy (non-hydrogen) atoms. The zero-order chi connectivity index (χ0) is 17.6. The van der Waals surface area contributed by atoms with Gasteiger partial charge in [0.15, 0.2) is 0 Å². The molecule has 3 rings (SSSR count). The van der Waals surface area contributed by atoms with E-state index in [-0.39, 0.29) is 0 Å². The van der Waals surface area contributed by atoms with Gasteiger partial charge in [0.2, 0.25) is 0 Å². The summed E-state index contributed by atoms with van der Waals surface area (Å²) in [7, 11) is 0. The minimum absolute atomic E-state index is 0.345. The van der Waals surface area contributed by atoms with Crippen molar-refractivity contribution in [1.82, 2.24) is 0 Å². The van der Waals surface area contributed by atoms with E-state index in [1.807, 2.05) is 36.4 Å². The number of carboxylic acids is 1. The fraction of sp³-hybridized carbons (Fsp3) is 0.174. The van der Waals surface area contributed by atoms with E-state index >= 15 is 0 Å². The van der Waals surface area contributed by atoms with Gasteiger partial charge in [-0.25, -0.2) is 4.79 Å². The highest BCUT2D eigenvalue weighted by Gasteiger charge is 2.15. The molecule has 0 amide bonds. The first-order valence-corrected chi connectivity index (χ1v) is 8.65. The van der Waals surface area contributed by atoms with Gasteiger partial charge in [0.05, 0.1) is 5.56 Å². The second-order valence-electron chi connectivity index (χ2n) is 6.26. The highest BCUT2D eigenvalue weighted by Crippen LogP contribution is 2.31. The van der Waals surface area contributed by atoms with Gasteiger partial charge in [-0.15, -0.1) is 0 Å². The Kier molecular flexibility index (Phi) is 5.30. The molecule has 0 saturated heterocycles. The largest absolute Gasteiger partial charge is 0.478 e. The Balaban J connectivity index is 2.03. The van der Waals surface area contributed by atoms with Gasteiger partial charge in [0.1, 0.15) is 0 Å². The summed E-state index contributed by atoms with van der Waals surface area (Å²) < 4.78 is 0. The molecule has 3 aromatic carbocycles. The van der Waals surface area contributed by atoms with E-state index in [2.05, 4.69) is 43.3 Å². The normalized spacial score (nSPS) is 11.9. The summed E-state index contributed by atoms with van der Waals surface area (Å²) in [6.07, 6.45) is 1.83. The summed E-state index contributed by atoms with van der Waals surface area (Å²) >= 11 is 0. The van der Waals surface area contributed by atoms with Crippen LogP contribution in [0.1, 0.15) is 40.7 Å². The Bertz CT molecular complexity index is 838. The molecule has 2 nitrogen and oxygen atoms in total. The monoisotopic (exact) mass is 330 g/mol. The summed E-state index contributed by atoms with van der Waals surface area (Å²) in [4.78, 5) is 11.4. The van der Waals surface area contributed by atoms with Gasteiger partial charge in [0.25, 0.3) is 0 Å². The molecule has 0 unspecified atom stereocenters. The zero-order valence-corrected chi connectivity index (χ0v) is 14.4. The maximum absolute atomic E-state index is 11.4. The Hall–Kier alpha value is -2.87. The Morgan fingerprint density at radius 3 is 2.16 bits per heavy atom. The first kappa shape index (κ1) is 17.0. The van der Waals surface area contributed by atoms with Crippen LogP contribution in [-0.2, 0) is 6.42 Å². The molecule has 0 aromatic heterocycles. The third-order valence-corrected chi connectivity index (χ3v) is 4.67. The molecule has 126 valence electrons. The molecule has 0 spiro atoms. The number of carbonyl (C=O) groups is 1. The van der Waals surface area contributed by atoms with Crippen LogP contribution in [0.3, 0.4) is 0 Å². The molecule has 0 aliphatic heterocycles. The summed E-state index contributed by atoms with van der Waals surface area (Å²) in [6.45, 7) is 2.18. The number of hydrogen-bond donors (Lipinski definition) is 1. The number of aromatic carboxylic acids is 1. The van der Waals surface area contributed by atoms with Crippen LogP contribution < -0.4 is 0 Å². The smallest absolute Gasteiger partial charge is 0.335 e. The van der Waals surface area contributed by atoms with Crippen molar-refractivity contribution in [2.24, 2.45) is 0 Å². The molecule has 0 saturated carbocycles. The first-order valence-electron chi connectivity index (χ1n) is 8.65. The van der Waals surface area contributed by atoms with Crippen LogP contribution in [0.5, 0.6) is 0 Å². The fourth-order valence-corrected chi connectivity index (χ4v) is 3.28. The van der Waals surface area contributed by atoms with E-state index < -0.39 is 5.97 Å². The van der Waals surface area contributed by atoms with Crippen LogP contribution in [0, 0.1) is 0 Å². The number of benzene rings is 3. The average Bonchev–Trinajstić information content (AvgIpc) is 2.67. The van der Waals surface area contributed by atoms with Crippen LogP contribution in [-0.4, -0.2) is 11.1 Å². The fourth-order valence-electron chi connectivity index (χ4n) is 3.28. The molecule has 0 radical (unpaired) electrons. The van der Waals surface area contributed by atoms with Crippen molar-refractivity contribution in [1.29, 1.82) is 0 Å². The Labute approximate surface area is 148 Å². The summed E-state index contributed by atoms with van der Waals surface area (Å²) in [5.74, 6) is -0.513. The molecule has 3 aromatic rings. The van der Waals surface area contributed by atoms with Gasteiger partial charge in [-0.3, -0.25) is 0 Å². The van der Waals surface area contributed by atoms with Crippen molar-refractivity contribution < 1.29 is 9.90 Å². The minimum Gasteiger partial charge on any atom is -0.478 e. The highest BCUT2D eigenvalue weighted by atomic mass is 16.4. The summed E-state index contributed by atoms with van der Waals surface area (Å²) in [5.41, 5.74) is 4.96. The van der Waals surface area contributed by atoms with Gasteiger partial charge < -0.3 is 5.11 Å². The van der Waals surface area contributed by atoms with Crippen LogP contribution in [0.25, 0.3) is 11.1 Å². The SMILES string of the molecule is CC[C@@H](Cc1cc(C(=O)O)ccc1-c1ccccc1)c1ccccc1. The highest BCUT2D eigenvalue weighted by molar-refractivity contribution is 5.89. The van der Waals surface area contributed by atoms with Crippen molar-refractivity contribution in [3.8, 4) is 11.1 Å². The number of rotatable bonds is 6. The lowest BCUT2D eigenvalue weighted by atomic mass is 9.86. The van der Waals surface area contributed by atoms with E-state index in [1.54, 1.807) is 6.07 Å². The average molecular weight is 330 g/mol. The third kappa shape index (κ3) is 3.97. The van der Waals surface area contributed by atoms with Gasteiger partial charge in [-0.1, -0.05) is 73.7 Å². The molecule has 0 aliphatic carbocycles. The molecular formula is C23H22O2. The van der Waals surface area contributed by atoms with E-state index in [0.717, 1.165) is 29.5 Å². The molecule has 0 bridgehead atoms. The lowest BCUT2D eigenvalue weighted by Crippen LogP contribution is -2.05. The quantitative estimate of drug-likeness (QED) is 0.621. The minimum atomic E-state index is -0.881. The lowest BCUT2D eigenvalue weighted by Gasteiger charge is -2.18. The molecule has 0 fully saturated rings. The Morgan fingerprint density at radius 2 is 1.56 bits per heavy atom. The van der Waals surface area contributed by atoms with Crippen LogP contribution in [0.15, 0.2) is 78.9 Å². The van der Waals surface area contributed by atoms with Gasteiger partial charge in [-0.2, -0.15) is 0 Å². The third-order valence-electron chi connectivity index (χ3n) is 4.67. The van der Waals surface area contributed by atoms with E-state index in [4.69, 9.17) is 0 Å². The first-order chi connectivity index (χ1) is 12.2. The summed E-state index contributed by atoms with van der Waals surface area (Å²) in [5, 5.41) is 9.38. The predicted molar refractivity (Wildman–Crippen MR) is 102 cm³/mol. The second kappa shape index (κ2) is 7.80. The van der Waals surface area contributed by atoms with Gasteiger partial charge in [0, 0.05) is 0 Å². The molecule has 0 heterocycles. The van der Waals surface area contributed by atoms with Gasteiger partial charge >= 0.3 is 5.97 Å². The second-order valence-corrected chi connectivity index (χ2v) is 6.26. The maximum atomic E-state index is 11.4. The van der Waals surface area contributed by atoms with Crippen molar-refractivity contribution >= 4 is 5.97 Å². The van der Waals surface area contributed by atoms with Crippen LogP contribution in [0.2, 0.25) is 0 Å². The predicted octanol–water partition coefficient (Wildman–Crippen LogP) is 5.79. The number of carboxylic acid groups (broad SMARTS) is 1. The molecule has 0 aliphatic rings. The van der Waals surface area contributed by atoms with Crippen molar-refractivity contribution in [3.63, 3.8) is 0 Å². The van der Waals surface area contributed by atoms with E-state index in [9.17, 15) is 9.90 Å². The zero-order valence-electron chi connectivity index (χ0n) is 14.4. The van der Waals surface area contributed by atoms with Crippen LogP contribution in [0.4, 0.5) is 0 Å². The van der Waals surface area contributed by atoms with Crippen LogP contribution >= 0.6 is 0 Å². The van der Waals surface area contributed by atoms with Crippen molar-refractivity contribution in [2.45, 2.75) is 25.7 Å². The van der Waals surface area contributed by atoms with Crippen molar-refractivity contribution in [2.75, 3.05) is 0 Å². The van der Waals surface area contributed by atoms with Crippen molar-refractivity contribution in [3.05, 3.63) is 95.6 Å². The molecule has 2 heteroatoms. The maximum Gasteiger partial charge on any atom is 0.335 e. The topological polar surface area (TPSA) is 37.3 Å². The molecule has 1 atom stereocenters. The Morgan fingerprint density at radius 1 is 0.920 bits per heavy atom. The van der Waals surface area contributed by atoms with E-state index in [0.29, 0.717) is 11.5 Å². The number of hydrogen-bond acceptors (Lipinski definition) is 1. The standard InChI is InChI=1S/C23H22O2/c1-2-17(18-9-5-3-6-10-18)15-21-16-20(23(24)25)13-14-22(21)19-11-7-4-8-12-19/h3-14,16-17H,2,15H2,1H3,(H,24,25)/t17-/m0/s1. The lowest BCUT2D eigenvalue weighted by molar-refractivity contribution is 0.0697. The summed E-state index contributed by atoms with van der Waals surface area (Å²) in [6, 6.07) is 26.1.